The Bertz CT molecular complexity index is 1080. The summed E-state index contributed by atoms with van der Waals surface area (Å²) in [6.45, 7) is 4.29. The molecule has 10 heteroatoms. The lowest BCUT2D eigenvalue weighted by Crippen LogP contribution is -2.39. The zero-order valence-electron chi connectivity index (χ0n) is 16.7. The Kier molecular flexibility index (Phi) is 6.50. The van der Waals surface area contributed by atoms with E-state index in [4.69, 9.17) is 4.74 Å². The number of hydrogen-bond acceptors (Lipinski definition) is 7. The molecule has 162 valence electrons. The molecule has 1 saturated heterocycles. The van der Waals surface area contributed by atoms with Crippen molar-refractivity contribution in [2.45, 2.75) is 6.42 Å². The van der Waals surface area contributed by atoms with E-state index in [1.165, 1.54) is 46.6 Å². The smallest absolute Gasteiger partial charge is 0.269 e. The van der Waals surface area contributed by atoms with Gasteiger partial charge in [-0.2, -0.15) is 0 Å². The molecule has 0 bridgehead atoms. The number of rotatable bonds is 7. The Morgan fingerprint density at radius 2 is 1.97 bits per heavy atom. The van der Waals surface area contributed by atoms with Gasteiger partial charge in [-0.25, -0.2) is 9.37 Å². The first-order valence-corrected chi connectivity index (χ1v) is 10.8. The molecule has 0 N–H and O–H groups in total. The molecule has 0 spiro atoms. The SMILES string of the molecule is O=C(c1ccc([N+](=O)[O-])cc1)N(CCCN1CCOCC1)c1nc2c(F)cccc2s1. The van der Waals surface area contributed by atoms with Gasteiger partial charge in [-0.15, -0.1) is 0 Å². The van der Waals surface area contributed by atoms with Gasteiger partial charge < -0.3 is 4.74 Å². The number of thiazole rings is 1. The summed E-state index contributed by atoms with van der Waals surface area (Å²) in [7, 11) is 0. The number of nitrogens with zero attached hydrogens (tertiary/aromatic N) is 4. The largest absolute Gasteiger partial charge is 0.379 e. The molecular weight excluding hydrogens is 423 g/mol. The van der Waals surface area contributed by atoms with Crippen molar-refractivity contribution in [2.24, 2.45) is 0 Å². The summed E-state index contributed by atoms with van der Waals surface area (Å²) in [6.07, 6.45) is 0.705. The van der Waals surface area contributed by atoms with Gasteiger partial charge in [0.25, 0.3) is 11.6 Å². The molecule has 3 aromatic rings. The van der Waals surface area contributed by atoms with Crippen molar-refractivity contribution in [3.63, 3.8) is 0 Å². The lowest BCUT2D eigenvalue weighted by molar-refractivity contribution is -0.384. The number of fused-ring (bicyclic) bond motifs is 1. The Morgan fingerprint density at radius 1 is 1.23 bits per heavy atom. The Morgan fingerprint density at radius 3 is 2.65 bits per heavy atom. The lowest BCUT2D eigenvalue weighted by Gasteiger charge is -2.27. The number of aromatic nitrogens is 1. The van der Waals surface area contributed by atoms with Gasteiger partial charge in [0.15, 0.2) is 5.13 Å². The highest BCUT2D eigenvalue weighted by molar-refractivity contribution is 7.22. The van der Waals surface area contributed by atoms with Gasteiger partial charge in [0.1, 0.15) is 11.3 Å². The highest BCUT2D eigenvalue weighted by atomic mass is 32.1. The molecule has 1 aliphatic rings. The number of nitro benzene ring substituents is 1. The molecule has 0 atom stereocenters. The van der Waals surface area contributed by atoms with Crippen LogP contribution in [0, 0.1) is 15.9 Å². The topological polar surface area (TPSA) is 88.8 Å². The van der Waals surface area contributed by atoms with Crippen molar-refractivity contribution in [1.82, 2.24) is 9.88 Å². The Labute approximate surface area is 182 Å². The van der Waals surface area contributed by atoms with Crippen LogP contribution in [0.25, 0.3) is 10.2 Å². The van der Waals surface area contributed by atoms with E-state index in [2.05, 4.69) is 9.88 Å². The van der Waals surface area contributed by atoms with E-state index in [1.807, 2.05) is 0 Å². The number of anilines is 1. The number of carbonyl (C=O) groups is 1. The number of para-hydroxylation sites is 1. The first kappa shape index (κ1) is 21.3. The maximum absolute atomic E-state index is 14.2. The summed E-state index contributed by atoms with van der Waals surface area (Å²) in [5, 5.41) is 11.3. The van der Waals surface area contributed by atoms with Crippen molar-refractivity contribution in [2.75, 3.05) is 44.3 Å². The van der Waals surface area contributed by atoms with Crippen molar-refractivity contribution in [3.05, 3.63) is 64.0 Å². The highest BCUT2D eigenvalue weighted by Crippen LogP contribution is 2.31. The standard InChI is InChI=1S/C21H21FN4O4S/c22-17-3-1-4-18-19(17)23-21(31-18)25(10-2-9-24-11-13-30-14-12-24)20(27)15-5-7-16(8-6-15)26(28)29/h1,3-8H,2,9-14H2. The number of morpholine rings is 1. The predicted octanol–water partition coefficient (Wildman–Crippen LogP) is 3.71. The molecule has 2 heterocycles. The maximum Gasteiger partial charge on any atom is 0.269 e. The zero-order chi connectivity index (χ0) is 21.8. The first-order chi connectivity index (χ1) is 15.0. The highest BCUT2D eigenvalue weighted by Gasteiger charge is 2.23. The van der Waals surface area contributed by atoms with E-state index in [9.17, 15) is 19.3 Å². The van der Waals surface area contributed by atoms with Crippen LogP contribution in [0.15, 0.2) is 42.5 Å². The van der Waals surface area contributed by atoms with E-state index in [1.54, 1.807) is 12.1 Å². The van der Waals surface area contributed by atoms with Gasteiger partial charge in [-0.1, -0.05) is 17.4 Å². The second-order valence-corrected chi connectivity index (χ2v) is 8.16. The predicted molar refractivity (Wildman–Crippen MR) is 116 cm³/mol. The van der Waals surface area contributed by atoms with E-state index in [-0.39, 0.29) is 17.1 Å². The summed E-state index contributed by atoms with van der Waals surface area (Å²) in [4.78, 5) is 31.9. The van der Waals surface area contributed by atoms with Crippen molar-refractivity contribution >= 4 is 38.3 Å². The quantitative estimate of drug-likeness (QED) is 0.408. The number of carbonyl (C=O) groups excluding carboxylic acids is 1. The molecule has 0 radical (unpaired) electrons. The summed E-state index contributed by atoms with van der Waals surface area (Å²) >= 11 is 1.25. The lowest BCUT2D eigenvalue weighted by atomic mass is 10.2. The molecule has 0 saturated carbocycles. The minimum atomic E-state index is -0.509. The number of ether oxygens (including phenoxy) is 1. The van der Waals surface area contributed by atoms with Crippen LogP contribution in [0.1, 0.15) is 16.8 Å². The molecule has 1 fully saturated rings. The fraction of sp³-hybridized carbons (Fsp3) is 0.333. The maximum atomic E-state index is 14.2. The molecule has 2 aromatic carbocycles. The van der Waals surface area contributed by atoms with E-state index >= 15 is 0 Å². The molecule has 31 heavy (non-hydrogen) atoms. The number of benzene rings is 2. The number of nitro groups is 1. The Hall–Kier alpha value is -2.95. The summed E-state index contributed by atoms with van der Waals surface area (Å²) in [6, 6.07) is 10.2. The molecule has 1 amide bonds. The van der Waals surface area contributed by atoms with E-state index < -0.39 is 10.7 Å². The monoisotopic (exact) mass is 444 g/mol. The average molecular weight is 444 g/mol. The van der Waals surface area contributed by atoms with Gasteiger partial charge in [0.05, 0.1) is 22.8 Å². The third kappa shape index (κ3) is 4.87. The van der Waals surface area contributed by atoms with E-state index in [0.717, 1.165) is 19.6 Å². The van der Waals surface area contributed by atoms with Gasteiger partial charge in [0.2, 0.25) is 0 Å². The van der Waals surface area contributed by atoms with Gasteiger partial charge in [-0.3, -0.25) is 24.7 Å². The molecule has 1 aliphatic heterocycles. The summed E-state index contributed by atoms with van der Waals surface area (Å²) in [5.74, 6) is -0.757. The van der Waals surface area contributed by atoms with Crippen LogP contribution in [0.5, 0.6) is 0 Å². The zero-order valence-corrected chi connectivity index (χ0v) is 17.5. The van der Waals surface area contributed by atoms with E-state index in [0.29, 0.717) is 41.6 Å². The second-order valence-electron chi connectivity index (χ2n) is 7.15. The third-order valence-corrected chi connectivity index (χ3v) is 6.16. The second kappa shape index (κ2) is 9.46. The fourth-order valence-corrected chi connectivity index (χ4v) is 4.47. The van der Waals surface area contributed by atoms with Crippen LogP contribution in [-0.2, 0) is 4.74 Å². The van der Waals surface area contributed by atoms with Crippen LogP contribution >= 0.6 is 11.3 Å². The van der Waals surface area contributed by atoms with Crippen LogP contribution in [0.4, 0.5) is 15.2 Å². The third-order valence-electron chi connectivity index (χ3n) is 5.12. The van der Waals surface area contributed by atoms with Crippen LogP contribution in [0.2, 0.25) is 0 Å². The normalized spacial score (nSPS) is 14.6. The summed E-state index contributed by atoms with van der Waals surface area (Å²) in [5.41, 5.74) is 0.464. The summed E-state index contributed by atoms with van der Waals surface area (Å²) < 4.78 is 20.2. The molecule has 1 aromatic heterocycles. The fourth-order valence-electron chi connectivity index (χ4n) is 3.46. The van der Waals surface area contributed by atoms with Crippen molar-refractivity contribution in [1.29, 1.82) is 0 Å². The number of amides is 1. The average Bonchev–Trinajstić information content (AvgIpc) is 3.22. The first-order valence-electron chi connectivity index (χ1n) is 9.94. The number of halogens is 1. The van der Waals surface area contributed by atoms with Gasteiger partial charge >= 0.3 is 0 Å². The minimum Gasteiger partial charge on any atom is -0.379 e. The van der Waals surface area contributed by atoms with Gasteiger partial charge in [0, 0.05) is 43.9 Å². The van der Waals surface area contributed by atoms with Crippen molar-refractivity contribution in [3.8, 4) is 0 Å². The number of hydrogen-bond donors (Lipinski definition) is 0. The molecule has 0 unspecified atom stereocenters. The number of non-ortho nitro benzene ring substituents is 1. The molecule has 8 nitrogen and oxygen atoms in total. The molecule has 0 aliphatic carbocycles. The Balaban J connectivity index is 1.58. The van der Waals surface area contributed by atoms with Crippen LogP contribution < -0.4 is 4.90 Å². The molecular formula is C21H21FN4O4S. The van der Waals surface area contributed by atoms with Crippen molar-refractivity contribution < 1.29 is 18.8 Å². The van der Waals surface area contributed by atoms with Crippen LogP contribution in [0.3, 0.4) is 0 Å². The minimum absolute atomic E-state index is 0.0857. The molecule has 4 rings (SSSR count). The van der Waals surface area contributed by atoms with Gasteiger partial charge in [-0.05, 0) is 30.7 Å². The van der Waals surface area contributed by atoms with Crippen LogP contribution in [-0.4, -0.2) is 60.1 Å².